The van der Waals surface area contributed by atoms with Crippen molar-refractivity contribution >= 4 is 12.3 Å². The highest BCUT2D eigenvalue weighted by molar-refractivity contribution is 5.78. The van der Waals surface area contributed by atoms with Crippen LogP contribution in [0.3, 0.4) is 0 Å². The molecule has 0 atom stereocenters. The first-order valence-corrected chi connectivity index (χ1v) is 4.12. The molecule has 0 saturated carbocycles. The number of aliphatic carboxylic acids is 1. The average molecular weight is 194 g/mol. The molecule has 74 valence electrons. The maximum absolute atomic E-state index is 10.6. The fourth-order valence-electron chi connectivity index (χ4n) is 1.17. The molecule has 4 heteroatoms. The minimum Gasteiger partial charge on any atom is -0.508 e. The summed E-state index contributed by atoms with van der Waals surface area (Å²) in [7, 11) is 0. The van der Waals surface area contributed by atoms with Gasteiger partial charge in [0.15, 0.2) is 0 Å². The lowest BCUT2D eigenvalue weighted by Gasteiger charge is -2.03. The van der Waals surface area contributed by atoms with Crippen molar-refractivity contribution in [2.45, 2.75) is 12.8 Å². The van der Waals surface area contributed by atoms with Crippen LogP contribution in [0, 0.1) is 0 Å². The molecule has 0 aromatic heterocycles. The predicted molar refractivity (Wildman–Crippen MR) is 49.5 cm³/mol. The average Bonchev–Trinajstić information content (AvgIpc) is 2.15. The molecule has 0 spiro atoms. The van der Waals surface area contributed by atoms with Crippen molar-refractivity contribution in [2.75, 3.05) is 0 Å². The van der Waals surface area contributed by atoms with Crippen LogP contribution in [0.2, 0.25) is 0 Å². The second kappa shape index (κ2) is 4.41. The molecule has 4 nitrogen and oxygen atoms in total. The molecule has 0 saturated heterocycles. The Morgan fingerprint density at radius 3 is 2.71 bits per heavy atom. The van der Waals surface area contributed by atoms with Gasteiger partial charge in [0.25, 0.3) is 0 Å². The minimum atomic E-state index is -0.926. The number of carboxylic acid groups (broad SMARTS) is 1. The number of benzene rings is 1. The van der Waals surface area contributed by atoms with Crippen LogP contribution in [0.1, 0.15) is 22.3 Å². The van der Waals surface area contributed by atoms with Crippen molar-refractivity contribution < 1.29 is 19.8 Å². The Balaban J connectivity index is 2.87. The lowest BCUT2D eigenvalue weighted by molar-refractivity contribution is -0.136. The largest absolute Gasteiger partial charge is 0.508 e. The van der Waals surface area contributed by atoms with Crippen LogP contribution < -0.4 is 0 Å². The van der Waals surface area contributed by atoms with Crippen LogP contribution in [0.5, 0.6) is 5.75 Å². The summed E-state index contributed by atoms with van der Waals surface area (Å²) in [6.07, 6.45) is 0.846. The minimum absolute atomic E-state index is 0.0380. The molecule has 1 aromatic rings. The third kappa shape index (κ3) is 2.58. The van der Waals surface area contributed by atoms with Crippen molar-refractivity contribution in [2.24, 2.45) is 0 Å². The molecule has 0 fully saturated rings. The molecular formula is C10H10O4. The summed E-state index contributed by atoms with van der Waals surface area (Å²) in [4.78, 5) is 20.9. The van der Waals surface area contributed by atoms with Crippen molar-refractivity contribution in [1.29, 1.82) is 0 Å². The van der Waals surface area contributed by atoms with E-state index in [2.05, 4.69) is 0 Å². The molecule has 2 N–H and O–H groups in total. The van der Waals surface area contributed by atoms with Gasteiger partial charge in [0.05, 0.1) is 0 Å². The van der Waals surface area contributed by atoms with Crippen LogP contribution in [-0.2, 0) is 11.2 Å². The van der Waals surface area contributed by atoms with Gasteiger partial charge >= 0.3 is 5.97 Å². The van der Waals surface area contributed by atoms with E-state index in [1.54, 1.807) is 0 Å². The fraction of sp³-hybridized carbons (Fsp3) is 0.200. The number of carboxylic acids is 1. The summed E-state index contributed by atoms with van der Waals surface area (Å²) in [6.45, 7) is 0. The highest BCUT2D eigenvalue weighted by Crippen LogP contribution is 2.16. The second-order valence-corrected chi connectivity index (χ2v) is 2.89. The lowest BCUT2D eigenvalue weighted by atomic mass is 10.0. The molecule has 14 heavy (non-hydrogen) atoms. The summed E-state index contributed by atoms with van der Waals surface area (Å²) in [6, 6.07) is 4.28. The van der Waals surface area contributed by atoms with E-state index in [4.69, 9.17) is 10.2 Å². The first-order valence-electron chi connectivity index (χ1n) is 4.12. The molecular weight excluding hydrogens is 184 g/mol. The van der Waals surface area contributed by atoms with Gasteiger partial charge < -0.3 is 10.2 Å². The molecule has 0 aliphatic carbocycles. The number of hydrogen-bond acceptors (Lipinski definition) is 3. The maximum atomic E-state index is 10.6. The van der Waals surface area contributed by atoms with E-state index in [1.807, 2.05) is 0 Å². The maximum Gasteiger partial charge on any atom is 0.303 e. The van der Waals surface area contributed by atoms with Crippen LogP contribution in [0.4, 0.5) is 0 Å². The van der Waals surface area contributed by atoms with Gasteiger partial charge in [-0.15, -0.1) is 0 Å². The Morgan fingerprint density at radius 2 is 2.14 bits per heavy atom. The summed E-state index contributed by atoms with van der Waals surface area (Å²) in [5.74, 6) is -0.888. The fourth-order valence-corrected chi connectivity index (χ4v) is 1.17. The normalized spacial score (nSPS) is 9.71. The molecule has 0 amide bonds. The molecule has 0 aliphatic rings. The second-order valence-electron chi connectivity index (χ2n) is 2.89. The number of aldehydes is 1. The lowest BCUT2D eigenvalue weighted by Crippen LogP contribution is -2.00. The first kappa shape index (κ1) is 10.2. The molecule has 1 rings (SSSR count). The zero-order chi connectivity index (χ0) is 10.6. The molecule has 0 radical (unpaired) electrons. The van der Waals surface area contributed by atoms with Crippen LogP contribution >= 0.6 is 0 Å². The van der Waals surface area contributed by atoms with E-state index in [1.165, 1.54) is 18.2 Å². The topological polar surface area (TPSA) is 74.6 Å². The monoisotopic (exact) mass is 194 g/mol. The number of phenols is 1. The van der Waals surface area contributed by atoms with Gasteiger partial charge in [-0.2, -0.15) is 0 Å². The summed E-state index contributed by atoms with van der Waals surface area (Å²) >= 11 is 0. The zero-order valence-corrected chi connectivity index (χ0v) is 7.43. The van der Waals surface area contributed by atoms with Gasteiger partial charge in [0, 0.05) is 12.0 Å². The van der Waals surface area contributed by atoms with Crippen molar-refractivity contribution in [3.8, 4) is 5.75 Å². The molecule has 0 bridgehead atoms. The van der Waals surface area contributed by atoms with E-state index in [0.717, 1.165) is 0 Å². The summed E-state index contributed by atoms with van der Waals surface area (Å²) in [5, 5.41) is 17.6. The van der Waals surface area contributed by atoms with E-state index in [-0.39, 0.29) is 18.6 Å². The van der Waals surface area contributed by atoms with Crippen molar-refractivity contribution in [1.82, 2.24) is 0 Å². The number of aryl methyl sites for hydroxylation is 1. The van der Waals surface area contributed by atoms with Gasteiger partial charge in [0.2, 0.25) is 0 Å². The smallest absolute Gasteiger partial charge is 0.303 e. The summed E-state index contributed by atoms with van der Waals surface area (Å²) in [5.41, 5.74) is 0.978. The van der Waals surface area contributed by atoms with Gasteiger partial charge in [0.1, 0.15) is 12.0 Å². The van der Waals surface area contributed by atoms with Gasteiger partial charge in [-0.3, -0.25) is 9.59 Å². The number of hydrogen-bond donors (Lipinski definition) is 2. The van der Waals surface area contributed by atoms with E-state index >= 15 is 0 Å². The van der Waals surface area contributed by atoms with Gasteiger partial charge in [-0.25, -0.2) is 0 Å². The highest BCUT2D eigenvalue weighted by atomic mass is 16.4. The Bertz CT molecular complexity index is 357. The Kier molecular flexibility index (Phi) is 3.23. The molecule has 0 aliphatic heterocycles. The predicted octanol–water partition coefficient (Wildman–Crippen LogP) is 1.22. The number of carbonyl (C=O) groups is 2. The number of rotatable bonds is 4. The SMILES string of the molecule is O=Cc1ccc(O)cc1CCC(=O)O. The molecule has 1 aromatic carbocycles. The number of phenolic OH excluding ortho intramolecular Hbond substituents is 1. The van der Waals surface area contributed by atoms with Crippen LogP contribution in [0.15, 0.2) is 18.2 Å². The first-order chi connectivity index (χ1) is 6.63. The Morgan fingerprint density at radius 1 is 1.43 bits per heavy atom. The van der Waals surface area contributed by atoms with Gasteiger partial charge in [-0.05, 0) is 30.2 Å². The Labute approximate surface area is 80.8 Å². The van der Waals surface area contributed by atoms with E-state index < -0.39 is 5.97 Å². The van der Waals surface area contributed by atoms with Crippen molar-refractivity contribution in [3.05, 3.63) is 29.3 Å². The summed E-state index contributed by atoms with van der Waals surface area (Å²) < 4.78 is 0. The quantitative estimate of drug-likeness (QED) is 0.707. The van der Waals surface area contributed by atoms with E-state index in [9.17, 15) is 9.59 Å². The third-order valence-electron chi connectivity index (χ3n) is 1.86. The van der Waals surface area contributed by atoms with Gasteiger partial charge in [-0.1, -0.05) is 0 Å². The molecule has 0 heterocycles. The molecule has 0 unspecified atom stereocenters. The Hall–Kier alpha value is -1.84. The van der Waals surface area contributed by atoms with Crippen molar-refractivity contribution in [3.63, 3.8) is 0 Å². The van der Waals surface area contributed by atoms with Crippen LogP contribution in [0.25, 0.3) is 0 Å². The highest BCUT2D eigenvalue weighted by Gasteiger charge is 2.05. The van der Waals surface area contributed by atoms with Crippen LogP contribution in [-0.4, -0.2) is 22.5 Å². The standard InChI is InChI=1S/C10H10O4/c11-6-8-1-3-9(12)5-7(8)2-4-10(13)14/h1,3,5-6,12H,2,4H2,(H,13,14). The zero-order valence-electron chi connectivity index (χ0n) is 7.43. The number of carbonyl (C=O) groups excluding carboxylic acids is 1. The van der Waals surface area contributed by atoms with E-state index in [0.29, 0.717) is 17.4 Å². The third-order valence-corrected chi connectivity index (χ3v) is 1.86. The number of aromatic hydroxyl groups is 1.